The molecule has 2 aromatic heterocycles. The maximum atomic E-state index is 12.6. The van der Waals surface area contributed by atoms with E-state index in [-0.39, 0.29) is 21.7 Å². The summed E-state index contributed by atoms with van der Waals surface area (Å²) in [5, 5.41) is 2.81. The van der Waals surface area contributed by atoms with E-state index in [0.717, 1.165) is 6.26 Å². The van der Waals surface area contributed by atoms with Crippen molar-refractivity contribution in [2.45, 2.75) is 11.1 Å². The van der Waals surface area contributed by atoms with Crippen molar-refractivity contribution in [2.75, 3.05) is 18.1 Å². The van der Waals surface area contributed by atoms with Gasteiger partial charge in [0.25, 0.3) is 5.56 Å². The van der Waals surface area contributed by atoms with Crippen molar-refractivity contribution in [3.63, 3.8) is 0 Å². The van der Waals surface area contributed by atoms with Crippen LogP contribution in [-0.4, -0.2) is 36.9 Å². The minimum atomic E-state index is -4.44. The second kappa shape index (κ2) is 6.45. The lowest BCUT2D eigenvalue weighted by Gasteiger charge is -2.15. The summed E-state index contributed by atoms with van der Waals surface area (Å²) in [6.07, 6.45) is -0.414. The third-order valence-electron chi connectivity index (χ3n) is 4.09. The second-order valence-electron chi connectivity index (χ2n) is 6.17. The highest BCUT2D eigenvalue weighted by Crippen LogP contribution is 2.36. The summed E-state index contributed by atoms with van der Waals surface area (Å²) in [5.74, 6) is 0. The molecule has 0 spiro atoms. The number of anilines is 1. The highest BCUT2D eigenvalue weighted by Gasteiger charge is 2.27. The zero-order valence-corrected chi connectivity index (χ0v) is 15.2. The number of rotatable bonds is 4. The number of pyridine rings is 1. The normalized spacial score (nSPS) is 12.5. The predicted octanol–water partition coefficient (Wildman–Crippen LogP) is 2.91. The second-order valence-corrected chi connectivity index (χ2v) is 8.19. The van der Waals surface area contributed by atoms with E-state index in [0.29, 0.717) is 16.5 Å². The molecule has 27 heavy (non-hydrogen) atoms. The highest BCUT2D eigenvalue weighted by molar-refractivity contribution is 7.90. The van der Waals surface area contributed by atoms with E-state index in [4.69, 9.17) is 0 Å². The van der Waals surface area contributed by atoms with Crippen molar-refractivity contribution >= 4 is 26.4 Å². The van der Waals surface area contributed by atoms with Gasteiger partial charge in [-0.25, -0.2) is 8.42 Å². The minimum absolute atomic E-state index is 0.0306. The van der Waals surface area contributed by atoms with E-state index in [2.05, 4.69) is 10.3 Å². The van der Waals surface area contributed by atoms with E-state index in [1.54, 1.807) is 23.9 Å². The molecule has 2 N–H and O–H groups in total. The van der Waals surface area contributed by atoms with Gasteiger partial charge in [-0.1, -0.05) is 0 Å². The predicted molar refractivity (Wildman–Crippen MR) is 96.6 cm³/mol. The molecule has 0 bridgehead atoms. The monoisotopic (exact) mass is 399 g/mol. The molecule has 0 amide bonds. The summed E-state index contributed by atoms with van der Waals surface area (Å²) >= 11 is 0. The van der Waals surface area contributed by atoms with Crippen molar-refractivity contribution in [3.8, 4) is 11.1 Å². The maximum Gasteiger partial charge on any atom is 0.405 e. The van der Waals surface area contributed by atoms with Crippen LogP contribution in [0.2, 0.25) is 0 Å². The molecule has 0 atom stereocenters. The van der Waals surface area contributed by atoms with Crippen molar-refractivity contribution in [3.05, 3.63) is 47.0 Å². The van der Waals surface area contributed by atoms with Crippen LogP contribution in [0.4, 0.5) is 18.9 Å². The van der Waals surface area contributed by atoms with Gasteiger partial charge in [-0.2, -0.15) is 13.2 Å². The van der Waals surface area contributed by atoms with Gasteiger partial charge in [0, 0.05) is 47.9 Å². The van der Waals surface area contributed by atoms with E-state index in [9.17, 15) is 26.4 Å². The van der Waals surface area contributed by atoms with Crippen LogP contribution in [0, 0.1) is 0 Å². The summed E-state index contributed by atoms with van der Waals surface area (Å²) < 4.78 is 63.3. The van der Waals surface area contributed by atoms with Gasteiger partial charge in [-0.15, -0.1) is 0 Å². The number of aryl methyl sites for hydroxylation is 1. The Hall–Kier alpha value is -2.75. The summed E-state index contributed by atoms with van der Waals surface area (Å²) in [4.78, 5) is 14.6. The van der Waals surface area contributed by atoms with Crippen LogP contribution >= 0.6 is 0 Å². The highest BCUT2D eigenvalue weighted by atomic mass is 32.2. The Bertz CT molecular complexity index is 1180. The minimum Gasteiger partial charge on any atom is -0.376 e. The SMILES string of the molecule is Cn1cc(-c2cc(S(C)(=O)=O)ccc2NCC(F)(F)F)c2cc[nH]c(=O)c21. The first-order valence-electron chi connectivity index (χ1n) is 7.79. The number of hydrogen-bond donors (Lipinski definition) is 2. The fraction of sp³-hybridized carbons (Fsp3) is 0.235. The number of sulfone groups is 1. The fourth-order valence-electron chi connectivity index (χ4n) is 2.91. The Morgan fingerprint density at radius 2 is 1.89 bits per heavy atom. The molecule has 0 aliphatic heterocycles. The number of benzene rings is 1. The molecule has 0 aliphatic carbocycles. The molecule has 0 saturated heterocycles. The van der Waals surface area contributed by atoms with Crippen LogP contribution < -0.4 is 10.9 Å². The van der Waals surface area contributed by atoms with Crippen LogP contribution in [0.5, 0.6) is 0 Å². The molecular formula is C17H16F3N3O3S. The number of nitrogens with zero attached hydrogens (tertiary/aromatic N) is 1. The first kappa shape index (κ1) is 19.0. The first-order valence-corrected chi connectivity index (χ1v) is 9.68. The summed E-state index contributed by atoms with van der Waals surface area (Å²) in [6, 6.07) is 5.47. The van der Waals surface area contributed by atoms with Gasteiger partial charge < -0.3 is 14.9 Å². The van der Waals surface area contributed by atoms with Crippen LogP contribution in [0.1, 0.15) is 0 Å². The van der Waals surface area contributed by atoms with Gasteiger partial charge in [0.1, 0.15) is 12.1 Å². The zero-order valence-electron chi connectivity index (χ0n) is 14.4. The van der Waals surface area contributed by atoms with Crippen LogP contribution in [0.25, 0.3) is 22.0 Å². The molecule has 0 fully saturated rings. The Balaban J connectivity index is 2.26. The average Bonchev–Trinajstić information content (AvgIpc) is 2.89. The van der Waals surface area contributed by atoms with E-state index in [1.807, 2.05) is 0 Å². The topological polar surface area (TPSA) is 84.0 Å². The van der Waals surface area contributed by atoms with Gasteiger partial charge in [-0.05, 0) is 24.3 Å². The molecule has 0 saturated carbocycles. The van der Waals surface area contributed by atoms with Gasteiger partial charge in [0.05, 0.1) is 4.90 Å². The number of aromatic amines is 1. The smallest absolute Gasteiger partial charge is 0.376 e. The summed E-state index contributed by atoms with van der Waals surface area (Å²) in [7, 11) is -1.94. The number of alkyl halides is 3. The van der Waals surface area contributed by atoms with Crippen LogP contribution in [0.15, 0.2) is 46.3 Å². The van der Waals surface area contributed by atoms with E-state index in [1.165, 1.54) is 24.4 Å². The molecule has 0 radical (unpaired) electrons. The Morgan fingerprint density at radius 1 is 1.19 bits per heavy atom. The van der Waals surface area contributed by atoms with Gasteiger partial charge in [-0.3, -0.25) is 4.79 Å². The lowest BCUT2D eigenvalue weighted by atomic mass is 10.0. The Morgan fingerprint density at radius 3 is 2.52 bits per heavy atom. The number of nitrogens with one attached hydrogen (secondary N) is 2. The molecule has 10 heteroatoms. The molecule has 6 nitrogen and oxygen atoms in total. The zero-order chi connectivity index (χ0) is 20.0. The van der Waals surface area contributed by atoms with E-state index >= 15 is 0 Å². The number of halogens is 3. The van der Waals surface area contributed by atoms with Gasteiger partial charge in [0.2, 0.25) is 0 Å². The maximum absolute atomic E-state index is 12.6. The first-order chi connectivity index (χ1) is 12.5. The van der Waals surface area contributed by atoms with Crippen molar-refractivity contribution in [1.82, 2.24) is 9.55 Å². The average molecular weight is 399 g/mol. The number of hydrogen-bond acceptors (Lipinski definition) is 4. The lowest BCUT2D eigenvalue weighted by Crippen LogP contribution is -2.21. The van der Waals surface area contributed by atoms with Crippen molar-refractivity contribution in [1.29, 1.82) is 0 Å². The quantitative estimate of drug-likeness (QED) is 0.707. The van der Waals surface area contributed by atoms with Crippen molar-refractivity contribution in [2.24, 2.45) is 7.05 Å². The largest absolute Gasteiger partial charge is 0.405 e. The van der Waals surface area contributed by atoms with Gasteiger partial charge >= 0.3 is 6.18 Å². The van der Waals surface area contributed by atoms with Crippen LogP contribution in [0.3, 0.4) is 0 Å². The molecule has 3 rings (SSSR count). The number of fused-ring (bicyclic) bond motifs is 1. The molecule has 144 valence electrons. The third-order valence-corrected chi connectivity index (χ3v) is 5.20. The Kier molecular flexibility index (Phi) is 4.54. The third kappa shape index (κ3) is 3.85. The molecule has 2 heterocycles. The number of H-pyrrole nitrogens is 1. The van der Waals surface area contributed by atoms with E-state index < -0.39 is 22.6 Å². The fourth-order valence-corrected chi connectivity index (χ4v) is 3.55. The molecule has 3 aromatic rings. The van der Waals surface area contributed by atoms with Crippen molar-refractivity contribution < 1.29 is 21.6 Å². The lowest BCUT2D eigenvalue weighted by molar-refractivity contribution is -0.115. The number of aromatic nitrogens is 2. The van der Waals surface area contributed by atoms with Gasteiger partial charge in [0.15, 0.2) is 9.84 Å². The molecular weight excluding hydrogens is 383 g/mol. The summed E-state index contributed by atoms with van der Waals surface area (Å²) in [5.41, 5.74) is 0.809. The molecule has 0 aliphatic rings. The standard InChI is InChI=1S/C17H16F3N3O3S/c1-23-8-13(11-5-6-21-16(24)15(11)23)12-7-10(27(2,25)26)3-4-14(12)22-9-17(18,19)20/h3-8,22H,9H2,1-2H3,(H,21,24). The van der Waals surface area contributed by atoms with Crippen LogP contribution in [-0.2, 0) is 16.9 Å². The summed E-state index contributed by atoms with van der Waals surface area (Å²) in [6.45, 7) is -1.27. The molecule has 0 unspecified atom stereocenters. The molecule has 1 aromatic carbocycles. The Labute approximate surface area is 152 Å².